The van der Waals surface area contributed by atoms with Crippen LogP contribution in [0.4, 0.5) is 5.69 Å². The number of nitrogens with zero attached hydrogens (tertiary/aromatic N) is 2. The minimum atomic E-state index is 0.224. The van der Waals surface area contributed by atoms with Crippen LogP contribution in [0.1, 0.15) is 36.9 Å². The molecule has 3 aromatic rings. The van der Waals surface area contributed by atoms with E-state index < -0.39 is 0 Å². The average Bonchev–Trinajstić information content (AvgIpc) is 3.21. The lowest BCUT2D eigenvalue weighted by atomic mass is 10.0. The molecule has 0 radical (unpaired) electrons. The van der Waals surface area contributed by atoms with Crippen LogP contribution in [0.25, 0.3) is 10.9 Å². The maximum Gasteiger partial charge on any atom is 0.317 e. The van der Waals surface area contributed by atoms with Gasteiger partial charge in [0.2, 0.25) is 6.79 Å². The fourth-order valence-corrected chi connectivity index (χ4v) is 3.60. The number of halogens is 1. The fraction of sp³-hybridized carbons (Fsp3) is 0.364. The molecule has 0 spiro atoms. The van der Waals surface area contributed by atoms with E-state index >= 15 is 0 Å². The molecule has 158 valence electrons. The van der Waals surface area contributed by atoms with Gasteiger partial charge in [-0.3, -0.25) is 0 Å². The van der Waals surface area contributed by atoms with Crippen molar-refractivity contribution < 1.29 is 19.3 Å². The van der Waals surface area contributed by atoms with Crippen LogP contribution in [0.2, 0.25) is 5.02 Å². The van der Waals surface area contributed by atoms with Crippen LogP contribution >= 0.6 is 11.6 Å². The van der Waals surface area contributed by atoms with Gasteiger partial charge in [0.05, 0.1) is 28.5 Å². The molecule has 0 saturated carbocycles. The van der Waals surface area contributed by atoms with Gasteiger partial charge in [0.15, 0.2) is 11.5 Å². The molecule has 0 atom stereocenters. The zero-order chi connectivity index (χ0) is 20.9. The second kappa shape index (κ2) is 9.36. The second-order valence-corrected chi connectivity index (χ2v) is 7.57. The monoisotopic (exact) mass is 429 g/mol. The molecular formula is C22H24ClN3O4. The van der Waals surface area contributed by atoms with Crippen molar-refractivity contribution in [3.8, 4) is 17.5 Å². The highest BCUT2D eigenvalue weighted by molar-refractivity contribution is 6.34. The van der Waals surface area contributed by atoms with Gasteiger partial charge in [-0.2, -0.15) is 9.97 Å². The molecule has 2 aromatic carbocycles. The number of aromatic nitrogens is 2. The highest BCUT2D eigenvalue weighted by Gasteiger charge is 2.17. The lowest BCUT2D eigenvalue weighted by molar-refractivity contribution is 0.174. The summed E-state index contributed by atoms with van der Waals surface area (Å²) in [5.41, 5.74) is 9.17. The summed E-state index contributed by atoms with van der Waals surface area (Å²) >= 11 is 6.26. The molecule has 1 aliphatic rings. The van der Waals surface area contributed by atoms with E-state index in [1.165, 1.54) is 0 Å². The SMILES string of the molecule is Nc1c(Cl)ccc2nc(OCCCCCCO)nc(Cc3ccc4c(c3)OCO4)c12. The Morgan fingerprint density at radius 1 is 1.03 bits per heavy atom. The zero-order valence-corrected chi connectivity index (χ0v) is 17.3. The molecule has 0 saturated heterocycles. The Morgan fingerprint density at radius 3 is 2.73 bits per heavy atom. The predicted molar refractivity (Wildman–Crippen MR) is 115 cm³/mol. The summed E-state index contributed by atoms with van der Waals surface area (Å²) in [7, 11) is 0. The highest BCUT2D eigenvalue weighted by Crippen LogP contribution is 2.35. The maximum atomic E-state index is 8.86. The van der Waals surface area contributed by atoms with Crippen molar-refractivity contribution in [1.82, 2.24) is 9.97 Å². The van der Waals surface area contributed by atoms with Gasteiger partial charge in [-0.15, -0.1) is 0 Å². The number of nitrogen functional groups attached to an aromatic ring is 1. The third-order valence-electron chi connectivity index (χ3n) is 5.00. The standard InChI is InChI=1S/C22H24ClN3O4/c23-15-6-7-16-20(21(15)24)17(11-14-5-8-18-19(12-14)30-13-29-18)26-22(25-16)28-10-4-2-1-3-9-27/h5-8,12,27H,1-4,9-11,13,24H2. The average molecular weight is 430 g/mol. The normalized spacial score (nSPS) is 12.5. The van der Waals surface area contributed by atoms with E-state index in [4.69, 9.17) is 36.7 Å². The number of aliphatic hydroxyl groups excluding tert-OH is 1. The van der Waals surface area contributed by atoms with Gasteiger partial charge < -0.3 is 25.1 Å². The Hall–Kier alpha value is -2.77. The number of nitrogens with two attached hydrogens (primary N) is 1. The number of hydrogen-bond acceptors (Lipinski definition) is 7. The van der Waals surface area contributed by atoms with E-state index in [0.29, 0.717) is 35.3 Å². The van der Waals surface area contributed by atoms with Gasteiger partial charge in [0.25, 0.3) is 0 Å². The number of benzene rings is 2. The number of anilines is 1. The summed E-state index contributed by atoms with van der Waals surface area (Å²) in [6, 6.07) is 9.69. The van der Waals surface area contributed by atoms with Crippen LogP contribution in [0.15, 0.2) is 30.3 Å². The first kappa shape index (κ1) is 20.5. The van der Waals surface area contributed by atoms with Crippen LogP contribution in [0.5, 0.6) is 17.5 Å². The summed E-state index contributed by atoms with van der Waals surface area (Å²) in [5.74, 6) is 1.45. The Bertz CT molecular complexity index is 1040. The first-order chi connectivity index (χ1) is 14.7. The van der Waals surface area contributed by atoms with Gasteiger partial charge in [-0.1, -0.05) is 24.1 Å². The molecule has 30 heavy (non-hydrogen) atoms. The van der Waals surface area contributed by atoms with Gasteiger partial charge >= 0.3 is 6.01 Å². The van der Waals surface area contributed by atoms with E-state index in [-0.39, 0.29) is 13.4 Å². The van der Waals surface area contributed by atoms with Crippen molar-refractivity contribution >= 4 is 28.2 Å². The van der Waals surface area contributed by atoms with Gasteiger partial charge in [0, 0.05) is 18.4 Å². The first-order valence-corrected chi connectivity index (χ1v) is 10.4. The molecule has 3 N–H and O–H groups in total. The van der Waals surface area contributed by atoms with Crippen molar-refractivity contribution in [3.05, 3.63) is 46.6 Å². The quantitative estimate of drug-likeness (QED) is 0.390. The summed E-state index contributed by atoms with van der Waals surface area (Å²) in [4.78, 5) is 9.16. The lowest BCUT2D eigenvalue weighted by Crippen LogP contribution is -2.06. The number of fused-ring (bicyclic) bond motifs is 2. The molecule has 0 aliphatic carbocycles. The van der Waals surface area contributed by atoms with Crippen molar-refractivity contribution in [3.63, 3.8) is 0 Å². The molecule has 0 bridgehead atoms. The molecule has 1 aliphatic heterocycles. The molecule has 8 heteroatoms. The van der Waals surface area contributed by atoms with Crippen molar-refractivity contribution in [2.45, 2.75) is 32.1 Å². The topological polar surface area (TPSA) is 99.7 Å². The minimum absolute atomic E-state index is 0.224. The summed E-state index contributed by atoms with van der Waals surface area (Å²) in [5, 5.41) is 10.1. The van der Waals surface area contributed by atoms with E-state index in [0.717, 1.165) is 53.8 Å². The molecule has 2 heterocycles. The van der Waals surface area contributed by atoms with Crippen molar-refractivity contribution in [1.29, 1.82) is 0 Å². The Kier molecular flexibility index (Phi) is 6.40. The van der Waals surface area contributed by atoms with Crippen LogP contribution < -0.4 is 19.9 Å². The number of rotatable bonds is 9. The minimum Gasteiger partial charge on any atom is -0.463 e. The first-order valence-electron chi connectivity index (χ1n) is 10.0. The summed E-state index contributed by atoms with van der Waals surface area (Å²) < 4.78 is 16.7. The zero-order valence-electron chi connectivity index (χ0n) is 16.6. The number of aliphatic hydroxyl groups is 1. The van der Waals surface area contributed by atoms with Crippen LogP contribution in [-0.2, 0) is 6.42 Å². The fourth-order valence-electron chi connectivity index (χ4n) is 3.45. The molecule has 0 unspecified atom stereocenters. The summed E-state index contributed by atoms with van der Waals surface area (Å²) in [6.07, 6.45) is 4.17. The summed E-state index contributed by atoms with van der Waals surface area (Å²) in [6.45, 7) is 0.972. The lowest BCUT2D eigenvalue weighted by Gasteiger charge is -2.12. The number of hydrogen-bond donors (Lipinski definition) is 2. The van der Waals surface area contributed by atoms with Crippen molar-refractivity contribution in [2.24, 2.45) is 0 Å². The van der Waals surface area contributed by atoms with E-state index in [9.17, 15) is 0 Å². The molecule has 0 fully saturated rings. The van der Waals surface area contributed by atoms with E-state index in [1.54, 1.807) is 6.07 Å². The third kappa shape index (κ3) is 4.52. The van der Waals surface area contributed by atoms with E-state index in [2.05, 4.69) is 9.97 Å². The van der Waals surface area contributed by atoms with Gasteiger partial charge in [-0.25, -0.2) is 0 Å². The third-order valence-corrected chi connectivity index (χ3v) is 5.33. The molecule has 1 aromatic heterocycles. The predicted octanol–water partition coefficient (Wildman–Crippen LogP) is 4.12. The molecule has 7 nitrogen and oxygen atoms in total. The molecular weight excluding hydrogens is 406 g/mol. The smallest absolute Gasteiger partial charge is 0.317 e. The Labute approximate surface area is 179 Å². The largest absolute Gasteiger partial charge is 0.463 e. The van der Waals surface area contributed by atoms with E-state index in [1.807, 2.05) is 24.3 Å². The van der Waals surface area contributed by atoms with Gasteiger partial charge in [-0.05, 0) is 49.1 Å². The van der Waals surface area contributed by atoms with Crippen LogP contribution in [-0.4, -0.2) is 35.1 Å². The molecule has 4 rings (SSSR count). The number of unbranched alkanes of at least 4 members (excludes halogenated alkanes) is 3. The van der Waals surface area contributed by atoms with Crippen LogP contribution in [0.3, 0.4) is 0 Å². The van der Waals surface area contributed by atoms with Gasteiger partial charge in [0.1, 0.15) is 0 Å². The maximum absolute atomic E-state index is 8.86. The van der Waals surface area contributed by atoms with Crippen molar-refractivity contribution in [2.75, 3.05) is 25.7 Å². The Balaban J connectivity index is 1.59. The Morgan fingerprint density at radius 2 is 1.87 bits per heavy atom. The number of ether oxygens (including phenoxy) is 3. The second-order valence-electron chi connectivity index (χ2n) is 7.16. The highest BCUT2D eigenvalue weighted by atomic mass is 35.5. The van der Waals surface area contributed by atoms with Crippen LogP contribution in [0, 0.1) is 0 Å². The molecule has 0 amide bonds.